The Hall–Kier alpha value is -2.08. The van der Waals surface area contributed by atoms with Gasteiger partial charge in [0.2, 0.25) is 5.13 Å². The second-order valence-corrected chi connectivity index (χ2v) is 4.96. The number of nitrogen functional groups attached to an aromatic ring is 1. The fourth-order valence-electron chi connectivity index (χ4n) is 1.78. The van der Waals surface area contributed by atoms with Crippen LogP contribution < -0.4 is 10.5 Å². The molecule has 0 amide bonds. The molecule has 0 aliphatic carbocycles. The molecule has 18 heavy (non-hydrogen) atoms. The second kappa shape index (κ2) is 3.99. The van der Waals surface area contributed by atoms with Gasteiger partial charge in [-0.25, -0.2) is 4.98 Å². The molecule has 2 aromatic heterocycles. The molecule has 0 unspecified atom stereocenters. The van der Waals surface area contributed by atoms with Crippen molar-refractivity contribution < 1.29 is 4.74 Å². The lowest BCUT2D eigenvalue weighted by Gasteiger charge is -1.96. The first-order valence-electron chi connectivity index (χ1n) is 5.44. The van der Waals surface area contributed by atoms with Gasteiger partial charge in [-0.3, -0.25) is 0 Å². The minimum absolute atomic E-state index is 0.596. The third-order valence-corrected chi connectivity index (χ3v) is 3.62. The molecule has 0 atom stereocenters. The van der Waals surface area contributed by atoms with Crippen molar-refractivity contribution in [1.29, 1.82) is 0 Å². The number of anilines is 1. The Morgan fingerprint density at radius 1 is 1.33 bits per heavy atom. The van der Waals surface area contributed by atoms with Crippen molar-refractivity contribution in [2.45, 2.75) is 6.92 Å². The summed E-state index contributed by atoms with van der Waals surface area (Å²) in [6.45, 7) is 1.91. The van der Waals surface area contributed by atoms with Gasteiger partial charge in [-0.05, 0) is 25.1 Å². The molecule has 3 aromatic rings. The number of ether oxygens (including phenoxy) is 1. The van der Waals surface area contributed by atoms with E-state index in [4.69, 9.17) is 10.5 Å². The number of aryl methyl sites for hydroxylation is 1. The fraction of sp³-hybridized carbons (Fsp3) is 0.167. The van der Waals surface area contributed by atoms with Crippen LogP contribution in [0, 0.1) is 6.92 Å². The highest BCUT2D eigenvalue weighted by Crippen LogP contribution is 2.29. The molecule has 0 saturated carbocycles. The predicted octanol–water partition coefficient (Wildman–Crippen LogP) is 2.38. The monoisotopic (exact) mass is 260 g/mol. The molecule has 0 aliphatic rings. The zero-order valence-corrected chi connectivity index (χ0v) is 10.9. The van der Waals surface area contributed by atoms with Crippen LogP contribution in [0.3, 0.4) is 0 Å². The number of aromatic nitrogens is 3. The highest BCUT2D eigenvalue weighted by Gasteiger charge is 2.10. The van der Waals surface area contributed by atoms with E-state index in [2.05, 4.69) is 10.1 Å². The summed E-state index contributed by atoms with van der Waals surface area (Å²) in [5.74, 6) is 1.42. The molecule has 0 spiro atoms. The fourth-order valence-corrected chi connectivity index (χ4v) is 2.75. The maximum Gasteiger partial charge on any atom is 0.213 e. The van der Waals surface area contributed by atoms with Crippen LogP contribution in [0.5, 0.6) is 5.75 Å². The van der Waals surface area contributed by atoms with Gasteiger partial charge in [0, 0.05) is 6.07 Å². The average Bonchev–Trinajstić information content (AvgIpc) is 2.90. The van der Waals surface area contributed by atoms with E-state index in [1.54, 1.807) is 11.8 Å². The second-order valence-electron chi connectivity index (χ2n) is 3.95. The van der Waals surface area contributed by atoms with Gasteiger partial charge in [0.1, 0.15) is 11.6 Å². The van der Waals surface area contributed by atoms with E-state index in [9.17, 15) is 0 Å². The van der Waals surface area contributed by atoms with Gasteiger partial charge in [-0.1, -0.05) is 11.3 Å². The summed E-state index contributed by atoms with van der Waals surface area (Å²) in [6.07, 6.45) is 0. The van der Waals surface area contributed by atoms with Crippen molar-refractivity contribution in [1.82, 2.24) is 14.8 Å². The first kappa shape index (κ1) is 11.0. The van der Waals surface area contributed by atoms with Crippen molar-refractivity contribution in [2.75, 3.05) is 12.8 Å². The van der Waals surface area contributed by atoms with Crippen LogP contribution >= 0.6 is 11.3 Å². The molecule has 0 aliphatic heterocycles. The summed E-state index contributed by atoms with van der Waals surface area (Å²) < 4.78 is 7.91. The molecule has 3 rings (SSSR count). The summed E-state index contributed by atoms with van der Waals surface area (Å²) in [5, 5.41) is 5.09. The molecule has 1 aromatic carbocycles. The Morgan fingerprint density at radius 3 is 2.83 bits per heavy atom. The van der Waals surface area contributed by atoms with E-state index in [1.807, 2.05) is 31.2 Å². The Morgan fingerprint density at radius 2 is 2.17 bits per heavy atom. The highest BCUT2D eigenvalue weighted by molar-refractivity contribution is 7.20. The van der Waals surface area contributed by atoms with Gasteiger partial charge >= 0.3 is 0 Å². The minimum atomic E-state index is 0.596. The third kappa shape index (κ3) is 1.70. The Kier molecular flexibility index (Phi) is 2.45. The van der Waals surface area contributed by atoms with Crippen molar-refractivity contribution in [3.63, 3.8) is 0 Å². The van der Waals surface area contributed by atoms with Crippen molar-refractivity contribution in [3.8, 4) is 10.9 Å². The molecule has 6 heteroatoms. The quantitative estimate of drug-likeness (QED) is 0.768. The number of methoxy groups -OCH3 is 1. The predicted molar refractivity (Wildman–Crippen MR) is 72.4 cm³/mol. The van der Waals surface area contributed by atoms with Gasteiger partial charge in [-0.15, -0.1) is 0 Å². The van der Waals surface area contributed by atoms with Gasteiger partial charge in [-0.2, -0.15) is 9.78 Å². The SMILES string of the molecule is COc1ccc2nc(-n3nc(C)cc3N)sc2c1. The van der Waals surface area contributed by atoms with Gasteiger partial charge in [0.15, 0.2) is 0 Å². The smallest absolute Gasteiger partial charge is 0.213 e. The van der Waals surface area contributed by atoms with E-state index >= 15 is 0 Å². The number of nitrogens with two attached hydrogens (primary N) is 1. The zero-order chi connectivity index (χ0) is 12.7. The number of rotatable bonds is 2. The maximum absolute atomic E-state index is 5.89. The van der Waals surface area contributed by atoms with Crippen LogP contribution in [-0.2, 0) is 0 Å². The zero-order valence-electron chi connectivity index (χ0n) is 10.0. The first-order valence-corrected chi connectivity index (χ1v) is 6.26. The van der Waals surface area contributed by atoms with E-state index in [0.29, 0.717) is 5.82 Å². The molecule has 0 radical (unpaired) electrons. The minimum Gasteiger partial charge on any atom is -0.497 e. The summed E-state index contributed by atoms with van der Waals surface area (Å²) >= 11 is 1.54. The average molecular weight is 260 g/mol. The number of nitrogens with zero attached hydrogens (tertiary/aromatic N) is 3. The van der Waals surface area contributed by atoms with Crippen LogP contribution in [0.25, 0.3) is 15.3 Å². The lowest BCUT2D eigenvalue weighted by atomic mass is 10.3. The van der Waals surface area contributed by atoms with E-state index < -0.39 is 0 Å². The summed E-state index contributed by atoms with van der Waals surface area (Å²) in [4.78, 5) is 4.52. The molecular weight excluding hydrogens is 248 g/mol. The molecular formula is C12H12N4OS. The molecule has 0 bridgehead atoms. The summed E-state index contributed by atoms with van der Waals surface area (Å²) in [5.41, 5.74) is 7.69. The number of hydrogen-bond donors (Lipinski definition) is 1. The van der Waals surface area contributed by atoms with E-state index in [-0.39, 0.29) is 0 Å². The molecule has 5 nitrogen and oxygen atoms in total. The van der Waals surface area contributed by atoms with Gasteiger partial charge in [0.05, 0.1) is 23.0 Å². The number of benzene rings is 1. The standard InChI is InChI=1S/C12H12N4OS/c1-7-5-11(13)16(15-7)12-14-9-4-3-8(17-2)6-10(9)18-12/h3-6H,13H2,1-2H3. The molecule has 2 N–H and O–H groups in total. The van der Waals surface area contributed by atoms with Crippen LogP contribution in [0.1, 0.15) is 5.69 Å². The van der Waals surface area contributed by atoms with Crippen LogP contribution in [0.4, 0.5) is 5.82 Å². The van der Waals surface area contributed by atoms with Gasteiger partial charge < -0.3 is 10.5 Å². The maximum atomic E-state index is 5.89. The molecule has 2 heterocycles. The lowest BCUT2D eigenvalue weighted by molar-refractivity contribution is 0.415. The Balaban J connectivity index is 2.16. The Bertz CT molecular complexity index is 716. The van der Waals surface area contributed by atoms with Crippen LogP contribution in [0.2, 0.25) is 0 Å². The van der Waals surface area contributed by atoms with Gasteiger partial charge in [0.25, 0.3) is 0 Å². The van der Waals surface area contributed by atoms with Crippen LogP contribution in [0.15, 0.2) is 24.3 Å². The normalized spacial score (nSPS) is 11.0. The van der Waals surface area contributed by atoms with Crippen LogP contribution in [-0.4, -0.2) is 21.9 Å². The first-order chi connectivity index (χ1) is 8.67. The molecule has 0 saturated heterocycles. The lowest BCUT2D eigenvalue weighted by Crippen LogP contribution is -2.00. The van der Waals surface area contributed by atoms with E-state index in [1.165, 1.54) is 11.3 Å². The molecule has 92 valence electrons. The number of thiazole rings is 1. The van der Waals surface area contributed by atoms with E-state index in [0.717, 1.165) is 26.8 Å². The summed E-state index contributed by atoms with van der Waals surface area (Å²) in [6, 6.07) is 7.61. The van der Waals surface area contributed by atoms with Crippen molar-refractivity contribution >= 4 is 27.4 Å². The van der Waals surface area contributed by atoms with Crippen molar-refractivity contribution in [2.24, 2.45) is 0 Å². The van der Waals surface area contributed by atoms with Crippen molar-refractivity contribution in [3.05, 3.63) is 30.0 Å². The topological polar surface area (TPSA) is 66.0 Å². The largest absolute Gasteiger partial charge is 0.497 e. The summed E-state index contributed by atoms with van der Waals surface area (Å²) in [7, 11) is 1.65. The highest BCUT2D eigenvalue weighted by atomic mass is 32.1. The number of fused-ring (bicyclic) bond motifs is 1. The third-order valence-electron chi connectivity index (χ3n) is 2.62. The molecule has 0 fully saturated rings. The Labute approximate surface area is 108 Å². The number of hydrogen-bond acceptors (Lipinski definition) is 5.